The average molecular weight is 226 g/mol. The van der Waals surface area contributed by atoms with Crippen molar-refractivity contribution >= 4 is 17.3 Å². The minimum absolute atomic E-state index is 0.602. The van der Waals surface area contributed by atoms with Crippen LogP contribution < -0.4 is 5.32 Å². The predicted octanol–water partition coefficient (Wildman–Crippen LogP) is 2.24. The lowest BCUT2D eigenvalue weighted by atomic mass is 10.2. The first kappa shape index (κ1) is 12.0. The van der Waals surface area contributed by atoms with Crippen molar-refractivity contribution in [2.75, 3.05) is 13.6 Å². The molecule has 4 heteroatoms. The third kappa shape index (κ3) is 4.34. The van der Waals surface area contributed by atoms with Gasteiger partial charge in [0.25, 0.3) is 0 Å². The van der Waals surface area contributed by atoms with Crippen LogP contribution in [0.25, 0.3) is 0 Å². The summed E-state index contributed by atoms with van der Waals surface area (Å²) in [4.78, 5) is 2.00. The lowest BCUT2D eigenvalue weighted by Gasteiger charge is -2.21. The van der Waals surface area contributed by atoms with E-state index in [2.05, 4.69) is 19.2 Å². The van der Waals surface area contributed by atoms with Gasteiger partial charge in [-0.3, -0.25) is 0 Å². The van der Waals surface area contributed by atoms with E-state index in [1.54, 1.807) is 12.5 Å². The summed E-state index contributed by atoms with van der Waals surface area (Å²) in [6.45, 7) is 6.01. The zero-order chi connectivity index (χ0) is 11.3. The molecule has 0 unspecified atom stereocenters. The van der Waals surface area contributed by atoms with Crippen molar-refractivity contribution in [1.29, 1.82) is 0 Å². The fraction of sp³-hybridized carbons (Fsp3) is 0.545. The van der Waals surface area contributed by atoms with E-state index in [-0.39, 0.29) is 0 Å². The molecule has 0 spiro atoms. The molecule has 0 aliphatic heterocycles. The van der Waals surface area contributed by atoms with Gasteiger partial charge in [0.2, 0.25) is 0 Å². The highest BCUT2D eigenvalue weighted by Crippen LogP contribution is 2.03. The molecule has 0 bridgehead atoms. The Morgan fingerprint density at radius 1 is 1.60 bits per heavy atom. The Bertz CT molecular complexity index is 296. The molecule has 0 aliphatic carbocycles. The first-order valence-corrected chi connectivity index (χ1v) is 5.50. The number of hydrogen-bond acceptors (Lipinski definition) is 2. The molecule has 1 aromatic heterocycles. The fourth-order valence-corrected chi connectivity index (χ4v) is 1.30. The normalized spacial score (nSPS) is 10.4. The topological polar surface area (TPSA) is 28.4 Å². The van der Waals surface area contributed by atoms with E-state index in [1.807, 2.05) is 18.0 Å². The Balaban J connectivity index is 2.33. The second-order valence-corrected chi connectivity index (χ2v) is 4.45. The molecule has 0 fully saturated rings. The monoisotopic (exact) mass is 226 g/mol. The molecule has 1 N–H and O–H groups in total. The average Bonchev–Trinajstić information content (AvgIpc) is 2.66. The summed E-state index contributed by atoms with van der Waals surface area (Å²) in [6.07, 6.45) is 3.41. The molecule has 0 aliphatic rings. The Kier molecular flexibility index (Phi) is 4.62. The minimum atomic E-state index is 0.602. The van der Waals surface area contributed by atoms with Gasteiger partial charge >= 0.3 is 0 Å². The lowest BCUT2D eigenvalue weighted by Crippen LogP contribution is -2.38. The van der Waals surface area contributed by atoms with Gasteiger partial charge in [0.1, 0.15) is 0 Å². The highest BCUT2D eigenvalue weighted by atomic mass is 32.1. The van der Waals surface area contributed by atoms with E-state index in [0.717, 1.165) is 23.8 Å². The van der Waals surface area contributed by atoms with Crippen molar-refractivity contribution < 1.29 is 4.42 Å². The molecular weight excluding hydrogens is 208 g/mol. The minimum Gasteiger partial charge on any atom is -0.472 e. The second-order valence-electron chi connectivity index (χ2n) is 4.07. The molecule has 1 heterocycles. The first-order chi connectivity index (χ1) is 7.09. The summed E-state index contributed by atoms with van der Waals surface area (Å²) >= 11 is 5.25. The van der Waals surface area contributed by atoms with Crippen LogP contribution >= 0.6 is 12.2 Å². The van der Waals surface area contributed by atoms with E-state index in [4.69, 9.17) is 16.6 Å². The van der Waals surface area contributed by atoms with Crippen LogP contribution in [0.2, 0.25) is 0 Å². The van der Waals surface area contributed by atoms with Crippen LogP contribution in [0.5, 0.6) is 0 Å². The smallest absolute Gasteiger partial charge is 0.168 e. The zero-order valence-electron chi connectivity index (χ0n) is 9.49. The number of hydrogen-bond donors (Lipinski definition) is 1. The maximum Gasteiger partial charge on any atom is 0.168 e. The van der Waals surface area contributed by atoms with Gasteiger partial charge in [-0.25, -0.2) is 0 Å². The van der Waals surface area contributed by atoms with Crippen molar-refractivity contribution in [2.24, 2.45) is 5.92 Å². The van der Waals surface area contributed by atoms with Gasteiger partial charge in [0.05, 0.1) is 12.5 Å². The van der Waals surface area contributed by atoms with Crippen molar-refractivity contribution in [3.05, 3.63) is 24.2 Å². The van der Waals surface area contributed by atoms with Crippen LogP contribution in [-0.4, -0.2) is 23.6 Å². The maximum absolute atomic E-state index is 5.25. The largest absolute Gasteiger partial charge is 0.472 e. The zero-order valence-corrected chi connectivity index (χ0v) is 10.3. The van der Waals surface area contributed by atoms with Crippen molar-refractivity contribution in [3.63, 3.8) is 0 Å². The van der Waals surface area contributed by atoms with Crippen LogP contribution in [0.3, 0.4) is 0 Å². The first-order valence-electron chi connectivity index (χ1n) is 5.09. The quantitative estimate of drug-likeness (QED) is 0.797. The van der Waals surface area contributed by atoms with Crippen molar-refractivity contribution in [2.45, 2.75) is 20.4 Å². The number of nitrogens with one attached hydrogen (secondary N) is 1. The molecule has 3 nitrogen and oxygen atoms in total. The summed E-state index contributed by atoms with van der Waals surface area (Å²) in [5, 5.41) is 4.00. The van der Waals surface area contributed by atoms with Crippen LogP contribution in [0.4, 0.5) is 0 Å². The second kappa shape index (κ2) is 5.75. The Hall–Kier alpha value is -1.03. The van der Waals surface area contributed by atoms with E-state index in [0.29, 0.717) is 5.92 Å². The summed E-state index contributed by atoms with van der Waals surface area (Å²) in [5.74, 6) is 0.602. The van der Waals surface area contributed by atoms with Crippen LogP contribution in [-0.2, 0) is 6.54 Å². The highest BCUT2D eigenvalue weighted by Gasteiger charge is 2.05. The lowest BCUT2D eigenvalue weighted by molar-refractivity contribution is 0.474. The van der Waals surface area contributed by atoms with Gasteiger partial charge in [-0.2, -0.15) is 0 Å². The Labute approximate surface area is 96.4 Å². The number of nitrogens with zero attached hydrogens (tertiary/aromatic N) is 1. The van der Waals surface area contributed by atoms with E-state index in [9.17, 15) is 0 Å². The Morgan fingerprint density at radius 3 is 2.87 bits per heavy atom. The SMILES string of the molecule is CC(C)CNC(=S)N(C)Cc1ccoc1. The molecule has 0 saturated heterocycles. The molecule has 84 valence electrons. The molecule has 0 radical (unpaired) electrons. The number of furan rings is 1. The number of rotatable bonds is 4. The van der Waals surface area contributed by atoms with Gasteiger partial charge in [0, 0.05) is 25.7 Å². The van der Waals surface area contributed by atoms with E-state index < -0.39 is 0 Å². The number of thiocarbonyl (C=S) groups is 1. The van der Waals surface area contributed by atoms with E-state index >= 15 is 0 Å². The van der Waals surface area contributed by atoms with Gasteiger partial charge in [-0.05, 0) is 24.2 Å². The van der Waals surface area contributed by atoms with Gasteiger partial charge < -0.3 is 14.6 Å². The third-order valence-corrected chi connectivity index (χ3v) is 2.46. The van der Waals surface area contributed by atoms with Gasteiger partial charge in [-0.15, -0.1) is 0 Å². The molecule has 0 atom stereocenters. The molecule has 1 aromatic rings. The van der Waals surface area contributed by atoms with E-state index in [1.165, 1.54) is 0 Å². The van der Waals surface area contributed by atoms with Crippen LogP contribution in [0, 0.1) is 5.92 Å². The van der Waals surface area contributed by atoms with Crippen LogP contribution in [0.1, 0.15) is 19.4 Å². The standard InChI is InChI=1S/C11H18N2OS/c1-9(2)6-12-11(15)13(3)7-10-4-5-14-8-10/h4-5,8-9H,6-7H2,1-3H3,(H,12,15). The third-order valence-electron chi connectivity index (χ3n) is 2.01. The molecule has 1 rings (SSSR count). The maximum atomic E-state index is 5.25. The van der Waals surface area contributed by atoms with Crippen molar-refractivity contribution in [1.82, 2.24) is 10.2 Å². The molecular formula is C11H18N2OS. The summed E-state index contributed by atoms with van der Waals surface area (Å²) in [6, 6.07) is 1.95. The summed E-state index contributed by atoms with van der Waals surface area (Å²) in [5.41, 5.74) is 1.13. The van der Waals surface area contributed by atoms with Crippen LogP contribution in [0.15, 0.2) is 23.0 Å². The summed E-state index contributed by atoms with van der Waals surface area (Å²) < 4.78 is 5.00. The fourth-order valence-electron chi connectivity index (χ4n) is 1.15. The highest BCUT2D eigenvalue weighted by molar-refractivity contribution is 7.80. The molecule has 0 aromatic carbocycles. The van der Waals surface area contributed by atoms with Crippen molar-refractivity contribution in [3.8, 4) is 0 Å². The van der Waals surface area contributed by atoms with Gasteiger partial charge in [0.15, 0.2) is 5.11 Å². The summed E-state index contributed by atoms with van der Waals surface area (Å²) in [7, 11) is 1.97. The molecule has 0 saturated carbocycles. The molecule has 0 amide bonds. The Morgan fingerprint density at radius 2 is 2.33 bits per heavy atom. The molecule has 15 heavy (non-hydrogen) atoms. The predicted molar refractivity (Wildman–Crippen MR) is 65.6 cm³/mol. The van der Waals surface area contributed by atoms with Gasteiger partial charge in [-0.1, -0.05) is 13.8 Å².